The number of hydrogen-bond donors (Lipinski definition) is 1. The van der Waals surface area contributed by atoms with Crippen molar-refractivity contribution in [2.24, 2.45) is 0 Å². The summed E-state index contributed by atoms with van der Waals surface area (Å²) in [6.07, 6.45) is 5.02. The number of thiazole rings is 1. The smallest absolute Gasteiger partial charge is 0.277 e. The van der Waals surface area contributed by atoms with Crippen LogP contribution in [0.4, 0.5) is 5.13 Å². The monoisotopic (exact) mass is 322 g/mol. The van der Waals surface area contributed by atoms with Crippen molar-refractivity contribution in [3.8, 4) is 5.82 Å². The lowest BCUT2D eigenvalue weighted by atomic mass is 10.3. The van der Waals surface area contributed by atoms with Gasteiger partial charge in [-0.25, -0.2) is 9.97 Å². The number of anilines is 1. The summed E-state index contributed by atoms with van der Waals surface area (Å²) in [5, 5.41) is 11.3. The number of aromatic nitrogens is 5. The van der Waals surface area contributed by atoms with E-state index < -0.39 is 0 Å². The molecule has 23 heavy (non-hydrogen) atoms. The molecule has 4 aromatic rings. The van der Waals surface area contributed by atoms with Crippen LogP contribution in [-0.4, -0.2) is 30.6 Å². The summed E-state index contributed by atoms with van der Waals surface area (Å²) in [5.74, 6) is 0.257. The van der Waals surface area contributed by atoms with Gasteiger partial charge < -0.3 is 0 Å². The van der Waals surface area contributed by atoms with Crippen molar-refractivity contribution in [1.82, 2.24) is 24.7 Å². The van der Waals surface area contributed by atoms with Crippen molar-refractivity contribution in [3.63, 3.8) is 0 Å². The number of amides is 1. The Labute approximate surface area is 134 Å². The normalized spacial score (nSPS) is 10.8. The molecule has 4 rings (SSSR count). The summed E-state index contributed by atoms with van der Waals surface area (Å²) in [6, 6.07) is 11.0. The molecule has 0 saturated heterocycles. The second-order valence-corrected chi connectivity index (χ2v) is 5.72. The minimum atomic E-state index is -0.339. The van der Waals surface area contributed by atoms with E-state index in [0.29, 0.717) is 10.9 Å². The number of imidazole rings is 1. The van der Waals surface area contributed by atoms with Crippen LogP contribution in [-0.2, 0) is 0 Å². The van der Waals surface area contributed by atoms with Crippen LogP contribution in [0.15, 0.2) is 55.1 Å². The lowest BCUT2D eigenvalue weighted by molar-refractivity contribution is 0.102. The third-order valence-electron chi connectivity index (χ3n) is 3.17. The highest BCUT2D eigenvalue weighted by molar-refractivity contribution is 7.22. The molecule has 0 bridgehead atoms. The van der Waals surface area contributed by atoms with Crippen molar-refractivity contribution in [2.75, 3.05) is 5.32 Å². The van der Waals surface area contributed by atoms with Crippen LogP contribution in [0.1, 0.15) is 10.5 Å². The zero-order valence-electron chi connectivity index (χ0n) is 11.7. The summed E-state index contributed by atoms with van der Waals surface area (Å²) < 4.78 is 2.73. The largest absolute Gasteiger partial charge is 0.296 e. The molecular weight excluding hydrogens is 312 g/mol. The first kappa shape index (κ1) is 13.5. The van der Waals surface area contributed by atoms with Crippen LogP contribution in [0, 0.1) is 0 Å². The fraction of sp³-hybridized carbons (Fsp3) is 0. The van der Waals surface area contributed by atoms with E-state index in [2.05, 4.69) is 25.5 Å². The van der Waals surface area contributed by atoms with Gasteiger partial charge in [-0.1, -0.05) is 23.5 Å². The summed E-state index contributed by atoms with van der Waals surface area (Å²) >= 11 is 1.42. The van der Waals surface area contributed by atoms with E-state index >= 15 is 0 Å². The Hall–Kier alpha value is -3.13. The van der Waals surface area contributed by atoms with Crippen LogP contribution in [0.2, 0.25) is 0 Å². The van der Waals surface area contributed by atoms with Crippen molar-refractivity contribution in [2.45, 2.75) is 0 Å². The number of carbonyl (C=O) groups excluding carboxylic acids is 1. The molecule has 0 aliphatic carbocycles. The lowest BCUT2D eigenvalue weighted by Crippen LogP contribution is -2.14. The molecule has 0 aliphatic rings. The second-order valence-electron chi connectivity index (χ2n) is 4.69. The molecule has 0 saturated carbocycles. The standard InChI is InChI=1S/C15H10N6OS/c22-14(18-15-17-10-3-1-2-4-12(10)23-15)11-5-6-13(20-19-11)21-8-7-16-9-21/h1-9H,(H,17,18,22). The molecule has 3 aromatic heterocycles. The second kappa shape index (κ2) is 5.58. The summed E-state index contributed by atoms with van der Waals surface area (Å²) in [6.45, 7) is 0. The highest BCUT2D eigenvalue weighted by Crippen LogP contribution is 2.25. The van der Waals surface area contributed by atoms with Crippen LogP contribution >= 0.6 is 11.3 Å². The Morgan fingerprint density at radius 2 is 2.04 bits per heavy atom. The van der Waals surface area contributed by atoms with Crippen LogP contribution in [0.5, 0.6) is 0 Å². The first-order valence-electron chi connectivity index (χ1n) is 6.78. The minimum Gasteiger partial charge on any atom is -0.296 e. The SMILES string of the molecule is O=C(Nc1nc2ccccc2s1)c1ccc(-n2ccnc2)nn1. The third kappa shape index (κ3) is 2.67. The lowest BCUT2D eigenvalue weighted by Gasteiger charge is -2.02. The Morgan fingerprint density at radius 1 is 1.13 bits per heavy atom. The van der Waals surface area contributed by atoms with E-state index in [-0.39, 0.29) is 11.6 Å². The summed E-state index contributed by atoms with van der Waals surface area (Å²) in [4.78, 5) is 20.5. The number of benzene rings is 1. The Kier molecular flexibility index (Phi) is 3.28. The van der Waals surface area contributed by atoms with Crippen LogP contribution < -0.4 is 5.32 Å². The molecule has 0 fully saturated rings. The quantitative estimate of drug-likeness (QED) is 0.626. The molecule has 0 atom stereocenters. The third-order valence-corrected chi connectivity index (χ3v) is 4.12. The van der Waals surface area contributed by atoms with Crippen LogP contribution in [0.25, 0.3) is 16.0 Å². The maximum absolute atomic E-state index is 12.2. The number of nitrogens with one attached hydrogen (secondary N) is 1. The van der Waals surface area contributed by atoms with Crippen molar-refractivity contribution < 1.29 is 4.79 Å². The molecule has 7 nitrogen and oxygen atoms in total. The van der Waals surface area contributed by atoms with Gasteiger partial charge in [0, 0.05) is 12.4 Å². The van der Waals surface area contributed by atoms with Gasteiger partial charge in [0.15, 0.2) is 16.6 Å². The predicted octanol–water partition coefficient (Wildman–Crippen LogP) is 2.52. The van der Waals surface area contributed by atoms with E-state index in [1.807, 2.05) is 24.3 Å². The molecular formula is C15H10N6OS. The minimum absolute atomic E-state index is 0.230. The van der Waals surface area contributed by atoms with Gasteiger partial charge in [-0.2, -0.15) is 0 Å². The van der Waals surface area contributed by atoms with Gasteiger partial charge in [-0.15, -0.1) is 10.2 Å². The number of rotatable bonds is 3. The summed E-state index contributed by atoms with van der Waals surface area (Å²) in [5.41, 5.74) is 1.09. The Balaban J connectivity index is 1.54. The van der Waals surface area contributed by atoms with Crippen LogP contribution in [0.3, 0.4) is 0 Å². The van der Waals surface area contributed by atoms with E-state index in [4.69, 9.17) is 0 Å². The Bertz CT molecular complexity index is 928. The van der Waals surface area contributed by atoms with E-state index in [0.717, 1.165) is 10.2 Å². The maximum atomic E-state index is 12.2. The van der Waals surface area contributed by atoms with Crippen molar-refractivity contribution >= 4 is 32.6 Å². The molecule has 3 heterocycles. The zero-order valence-corrected chi connectivity index (χ0v) is 12.6. The van der Waals surface area contributed by atoms with Gasteiger partial charge in [0.2, 0.25) is 0 Å². The molecule has 8 heteroatoms. The van der Waals surface area contributed by atoms with Gasteiger partial charge in [-0.3, -0.25) is 14.7 Å². The molecule has 0 aliphatic heterocycles. The number of fused-ring (bicyclic) bond motifs is 1. The zero-order chi connectivity index (χ0) is 15.6. The molecule has 1 amide bonds. The van der Waals surface area contributed by atoms with E-state index in [9.17, 15) is 4.79 Å². The fourth-order valence-corrected chi connectivity index (χ4v) is 2.93. The highest BCUT2D eigenvalue weighted by atomic mass is 32.1. The average Bonchev–Trinajstić information content (AvgIpc) is 3.24. The number of nitrogens with zero attached hydrogens (tertiary/aromatic N) is 5. The molecule has 112 valence electrons. The molecule has 0 spiro atoms. The fourth-order valence-electron chi connectivity index (χ4n) is 2.07. The number of carbonyl (C=O) groups is 1. The summed E-state index contributed by atoms with van der Waals surface area (Å²) in [7, 11) is 0. The van der Waals surface area contributed by atoms with Gasteiger partial charge in [0.05, 0.1) is 10.2 Å². The average molecular weight is 322 g/mol. The van der Waals surface area contributed by atoms with Gasteiger partial charge in [0.1, 0.15) is 6.33 Å². The maximum Gasteiger partial charge on any atom is 0.277 e. The molecule has 0 unspecified atom stereocenters. The number of hydrogen-bond acceptors (Lipinski definition) is 6. The predicted molar refractivity (Wildman–Crippen MR) is 86.7 cm³/mol. The topological polar surface area (TPSA) is 85.6 Å². The highest BCUT2D eigenvalue weighted by Gasteiger charge is 2.12. The van der Waals surface area contributed by atoms with Crippen molar-refractivity contribution in [3.05, 3.63) is 60.8 Å². The molecule has 1 N–H and O–H groups in total. The first-order chi connectivity index (χ1) is 11.3. The molecule has 1 aromatic carbocycles. The first-order valence-corrected chi connectivity index (χ1v) is 7.60. The van der Waals surface area contributed by atoms with Gasteiger partial charge in [-0.05, 0) is 24.3 Å². The van der Waals surface area contributed by atoms with Gasteiger partial charge in [0.25, 0.3) is 5.91 Å². The number of para-hydroxylation sites is 1. The van der Waals surface area contributed by atoms with Gasteiger partial charge >= 0.3 is 0 Å². The molecule has 0 radical (unpaired) electrons. The van der Waals surface area contributed by atoms with E-state index in [1.54, 1.807) is 35.4 Å². The van der Waals surface area contributed by atoms with E-state index in [1.165, 1.54) is 11.3 Å². The Morgan fingerprint density at radius 3 is 2.78 bits per heavy atom. The van der Waals surface area contributed by atoms with Crippen molar-refractivity contribution in [1.29, 1.82) is 0 Å².